The number of rotatable bonds is 5. The molecule has 0 atom stereocenters. The highest BCUT2D eigenvalue weighted by atomic mass is 19.1. The highest BCUT2D eigenvalue weighted by Crippen LogP contribution is 2.12. The number of piperazine rings is 1. The zero-order valence-electron chi connectivity index (χ0n) is 11.9. The Morgan fingerprint density at radius 3 is 2.60 bits per heavy atom. The number of amides is 1. The van der Waals surface area contributed by atoms with Gasteiger partial charge in [0.25, 0.3) is 0 Å². The fourth-order valence-electron chi connectivity index (χ4n) is 2.38. The van der Waals surface area contributed by atoms with Crippen molar-refractivity contribution >= 4 is 11.6 Å². The molecule has 1 N–H and O–H groups in total. The summed E-state index contributed by atoms with van der Waals surface area (Å²) in [4.78, 5) is 16.3. The lowest BCUT2D eigenvalue weighted by atomic mass is 10.2. The lowest BCUT2D eigenvalue weighted by Crippen LogP contribution is -2.48. The van der Waals surface area contributed by atoms with Crippen molar-refractivity contribution in [2.75, 3.05) is 44.6 Å². The van der Waals surface area contributed by atoms with E-state index < -0.39 is 0 Å². The Kier molecular flexibility index (Phi) is 5.35. The van der Waals surface area contributed by atoms with Gasteiger partial charge in [0.2, 0.25) is 5.91 Å². The Morgan fingerprint density at radius 2 is 1.95 bits per heavy atom. The molecule has 0 unspecified atom stereocenters. The van der Waals surface area contributed by atoms with Gasteiger partial charge in [0.05, 0.1) is 5.69 Å². The number of halogens is 1. The van der Waals surface area contributed by atoms with E-state index in [9.17, 15) is 9.18 Å². The summed E-state index contributed by atoms with van der Waals surface area (Å²) in [5, 5.41) is 2.97. The Balaban J connectivity index is 1.72. The number of para-hydroxylation sites is 1. The second kappa shape index (κ2) is 7.24. The second-order valence-corrected chi connectivity index (χ2v) is 4.97. The van der Waals surface area contributed by atoms with E-state index in [1.54, 1.807) is 18.2 Å². The van der Waals surface area contributed by atoms with E-state index >= 15 is 0 Å². The quantitative estimate of drug-likeness (QED) is 0.892. The van der Waals surface area contributed by atoms with E-state index in [1.807, 2.05) is 4.90 Å². The lowest BCUT2D eigenvalue weighted by molar-refractivity contribution is -0.132. The van der Waals surface area contributed by atoms with Crippen LogP contribution in [0.5, 0.6) is 0 Å². The van der Waals surface area contributed by atoms with Gasteiger partial charge in [-0.15, -0.1) is 0 Å². The van der Waals surface area contributed by atoms with Gasteiger partial charge >= 0.3 is 0 Å². The molecule has 1 aliphatic heterocycles. The Morgan fingerprint density at radius 1 is 1.25 bits per heavy atom. The Labute approximate surface area is 119 Å². The Bertz CT molecular complexity index is 444. The summed E-state index contributed by atoms with van der Waals surface area (Å²) in [6.45, 7) is 7.13. The van der Waals surface area contributed by atoms with Gasteiger partial charge in [-0.1, -0.05) is 19.1 Å². The molecule has 0 radical (unpaired) electrons. The highest BCUT2D eigenvalue weighted by molar-refractivity contribution is 5.76. The first-order valence-electron chi connectivity index (χ1n) is 7.19. The molecule has 1 aliphatic rings. The molecule has 5 heteroatoms. The van der Waals surface area contributed by atoms with E-state index in [4.69, 9.17) is 0 Å². The van der Waals surface area contributed by atoms with Crippen LogP contribution in [0.4, 0.5) is 10.1 Å². The summed E-state index contributed by atoms with van der Waals surface area (Å²) in [6.07, 6.45) is 0.403. The molecule has 0 bridgehead atoms. The third kappa shape index (κ3) is 3.93. The molecule has 4 nitrogen and oxygen atoms in total. The number of nitrogens with one attached hydrogen (secondary N) is 1. The van der Waals surface area contributed by atoms with Crippen LogP contribution in [0.1, 0.15) is 13.3 Å². The minimum absolute atomic E-state index is 0.143. The fraction of sp³-hybridized carbons (Fsp3) is 0.533. The summed E-state index contributed by atoms with van der Waals surface area (Å²) in [6, 6.07) is 6.52. The van der Waals surface area contributed by atoms with Gasteiger partial charge in [0.1, 0.15) is 5.82 Å². The van der Waals surface area contributed by atoms with Gasteiger partial charge in [0, 0.05) is 39.1 Å². The topological polar surface area (TPSA) is 35.6 Å². The van der Waals surface area contributed by atoms with E-state index in [2.05, 4.69) is 17.1 Å². The molecule has 0 spiro atoms. The van der Waals surface area contributed by atoms with Crippen LogP contribution in [0.3, 0.4) is 0 Å². The fourth-order valence-corrected chi connectivity index (χ4v) is 2.38. The average Bonchev–Trinajstić information content (AvgIpc) is 2.49. The molecule has 0 aromatic heterocycles. The third-order valence-electron chi connectivity index (χ3n) is 3.70. The Hall–Kier alpha value is -1.62. The average molecular weight is 279 g/mol. The first-order valence-corrected chi connectivity index (χ1v) is 7.19. The minimum Gasteiger partial charge on any atom is -0.382 e. The third-order valence-corrected chi connectivity index (χ3v) is 3.70. The van der Waals surface area contributed by atoms with Crippen molar-refractivity contribution in [2.45, 2.75) is 13.3 Å². The maximum absolute atomic E-state index is 13.4. The number of carbonyl (C=O) groups is 1. The molecule has 1 heterocycles. The number of carbonyl (C=O) groups excluding carboxylic acids is 1. The lowest BCUT2D eigenvalue weighted by Gasteiger charge is -2.34. The maximum atomic E-state index is 13.4. The van der Waals surface area contributed by atoms with Gasteiger partial charge in [-0.3, -0.25) is 4.79 Å². The van der Waals surface area contributed by atoms with Gasteiger partial charge in [-0.05, 0) is 18.7 Å². The summed E-state index contributed by atoms with van der Waals surface area (Å²) in [5.74, 6) is -0.138. The molecule has 1 amide bonds. The molecule has 20 heavy (non-hydrogen) atoms. The van der Waals surface area contributed by atoms with Gasteiger partial charge in [-0.25, -0.2) is 4.39 Å². The number of hydrogen-bond acceptors (Lipinski definition) is 3. The molecule has 1 fully saturated rings. The van der Waals surface area contributed by atoms with Gasteiger partial charge in [0.15, 0.2) is 0 Å². The van der Waals surface area contributed by atoms with Crippen LogP contribution in [0.15, 0.2) is 24.3 Å². The number of benzene rings is 1. The number of nitrogens with zero attached hydrogens (tertiary/aromatic N) is 2. The van der Waals surface area contributed by atoms with Crippen molar-refractivity contribution in [1.29, 1.82) is 0 Å². The van der Waals surface area contributed by atoms with Crippen LogP contribution in [0.2, 0.25) is 0 Å². The van der Waals surface area contributed by atoms with Crippen molar-refractivity contribution in [3.05, 3.63) is 30.1 Å². The number of likely N-dealkylation sites (N-methyl/N-ethyl adjacent to an activating group) is 1. The summed E-state index contributed by atoms with van der Waals surface area (Å²) >= 11 is 0. The van der Waals surface area contributed by atoms with Crippen molar-refractivity contribution in [3.63, 3.8) is 0 Å². The largest absolute Gasteiger partial charge is 0.382 e. The van der Waals surface area contributed by atoms with Gasteiger partial charge < -0.3 is 15.1 Å². The van der Waals surface area contributed by atoms with Gasteiger partial charge in [-0.2, -0.15) is 0 Å². The zero-order valence-corrected chi connectivity index (χ0v) is 11.9. The van der Waals surface area contributed by atoms with Crippen molar-refractivity contribution in [3.8, 4) is 0 Å². The molecule has 0 aliphatic carbocycles. The van der Waals surface area contributed by atoms with E-state index in [1.165, 1.54) is 6.07 Å². The van der Waals surface area contributed by atoms with E-state index in [0.717, 1.165) is 32.7 Å². The SMILES string of the molecule is CCN1CCN(C(=O)CCNc2ccccc2F)CC1. The second-order valence-electron chi connectivity index (χ2n) is 4.97. The molecule has 1 aromatic rings. The predicted molar refractivity (Wildman–Crippen MR) is 78.2 cm³/mol. The van der Waals surface area contributed by atoms with Crippen LogP contribution in [0.25, 0.3) is 0 Å². The molecular weight excluding hydrogens is 257 g/mol. The molecule has 1 saturated heterocycles. The van der Waals surface area contributed by atoms with Crippen LogP contribution < -0.4 is 5.32 Å². The standard InChI is InChI=1S/C15H22FN3O/c1-2-18-9-11-19(12-10-18)15(20)7-8-17-14-6-4-3-5-13(14)16/h3-6,17H,2,7-12H2,1H3. The smallest absolute Gasteiger partial charge is 0.224 e. The molecule has 2 rings (SSSR count). The molecular formula is C15H22FN3O. The van der Waals surface area contributed by atoms with Crippen LogP contribution in [-0.4, -0.2) is 55.0 Å². The van der Waals surface area contributed by atoms with Crippen molar-refractivity contribution < 1.29 is 9.18 Å². The van der Waals surface area contributed by atoms with Crippen LogP contribution in [-0.2, 0) is 4.79 Å². The number of hydrogen-bond donors (Lipinski definition) is 1. The molecule has 0 saturated carbocycles. The maximum Gasteiger partial charge on any atom is 0.224 e. The normalized spacial score (nSPS) is 16.2. The first-order chi connectivity index (χ1) is 9.70. The molecule has 110 valence electrons. The van der Waals surface area contributed by atoms with Crippen LogP contribution >= 0.6 is 0 Å². The van der Waals surface area contributed by atoms with E-state index in [0.29, 0.717) is 18.7 Å². The zero-order chi connectivity index (χ0) is 14.4. The van der Waals surface area contributed by atoms with Crippen molar-refractivity contribution in [2.24, 2.45) is 0 Å². The van der Waals surface area contributed by atoms with Crippen LogP contribution in [0, 0.1) is 5.82 Å². The summed E-state index contributed by atoms with van der Waals surface area (Å²) in [5.41, 5.74) is 0.455. The summed E-state index contributed by atoms with van der Waals surface area (Å²) in [7, 11) is 0. The first kappa shape index (κ1) is 14.8. The van der Waals surface area contributed by atoms with Crippen molar-refractivity contribution in [1.82, 2.24) is 9.80 Å². The highest BCUT2D eigenvalue weighted by Gasteiger charge is 2.19. The number of anilines is 1. The molecule has 1 aromatic carbocycles. The minimum atomic E-state index is -0.281. The summed E-state index contributed by atoms with van der Waals surface area (Å²) < 4.78 is 13.4. The van der Waals surface area contributed by atoms with E-state index in [-0.39, 0.29) is 11.7 Å². The predicted octanol–water partition coefficient (Wildman–Crippen LogP) is 1.79. The monoisotopic (exact) mass is 279 g/mol.